The minimum Gasteiger partial charge on any atom is -0.865 e. The van der Waals surface area contributed by atoms with Gasteiger partial charge in [0.05, 0.1) is 19.1 Å². The number of amides is 1. The second-order valence-corrected chi connectivity index (χ2v) is 7.07. The van der Waals surface area contributed by atoms with Gasteiger partial charge in [0.1, 0.15) is 11.7 Å². The van der Waals surface area contributed by atoms with Crippen molar-refractivity contribution in [1.29, 1.82) is 0 Å². The largest absolute Gasteiger partial charge is 0.865 e. The Hall–Kier alpha value is -3.43. The number of methoxy groups -OCH3 is 2. The first-order valence-corrected chi connectivity index (χ1v) is 8.87. The predicted molar refractivity (Wildman–Crippen MR) is 95.9 cm³/mol. The van der Waals surface area contributed by atoms with E-state index in [0.717, 1.165) is 6.07 Å². The number of hydrogen-bond acceptors (Lipinski definition) is 8. The Balaban J connectivity index is 2.17. The molecule has 0 spiro atoms. The molecule has 0 bridgehead atoms. The standard InChI is InChI=1S/C19H20N2O8/c1-8-4-11-16(18(24)15(8)19(25)29-3)10(7-14(22)20-11)9-5-12(21(26)27)17(23)13(6-9)28-2/h5-6,8,10,15,23H,4,7H2,1-3H3,(H,20,22)/p-1/t8-,10-,15-/m1/s1. The highest BCUT2D eigenvalue weighted by Crippen LogP contribution is 2.45. The summed E-state index contributed by atoms with van der Waals surface area (Å²) in [6, 6.07) is 2.35. The van der Waals surface area contributed by atoms with Crippen molar-refractivity contribution in [2.75, 3.05) is 14.2 Å². The van der Waals surface area contributed by atoms with Crippen LogP contribution in [-0.2, 0) is 19.1 Å². The number of ether oxygens (including phenoxy) is 2. The van der Waals surface area contributed by atoms with Gasteiger partial charge in [0, 0.05) is 35.4 Å². The van der Waals surface area contributed by atoms with Gasteiger partial charge in [-0.2, -0.15) is 0 Å². The van der Waals surface area contributed by atoms with Crippen molar-refractivity contribution in [3.63, 3.8) is 0 Å². The maximum absolute atomic E-state index is 13.2. The van der Waals surface area contributed by atoms with Crippen LogP contribution < -0.4 is 15.2 Å². The van der Waals surface area contributed by atoms with E-state index in [9.17, 15) is 29.6 Å². The molecule has 3 rings (SSSR count). The quantitative estimate of drug-likeness (QED) is 0.338. The summed E-state index contributed by atoms with van der Waals surface area (Å²) in [4.78, 5) is 48.0. The number of nitrogens with zero attached hydrogens (tertiary/aromatic N) is 1. The number of ketones is 1. The van der Waals surface area contributed by atoms with E-state index in [1.54, 1.807) is 6.92 Å². The Bertz CT molecular complexity index is 952. The highest BCUT2D eigenvalue weighted by Gasteiger charge is 2.45. The average molecular weight is 403 g/mol. The van der Waals surface area contributed by atoms with Gasteiger partial charge in [0.25, 0.3) is 5.69 Å². The molecule has 1 aliphatic heterocycles. The molecule has 10 heteroatoms. The first-order chi connectivity index (χ1) is 13.7. The van der Waals surface area contributed by atoms with E-state index in [1.165, 1.54) is 20.3 Å². The van der Waals surface area contributed by atoms with Crippen molar-refractivity contribution >= 4 is 23.3 Å². The molecule has 3 atom stereocenters. The number of Topliss-reactive ketones (excluding diaryl/α,β-unsaturated/α-hetero) is 1. The Kier molecular flexibility index (Phi) is 5.27. The molecular formula is C19H19N2O8-. The minimum absolute atomic E-state index is 0.161. The van der Waals surface area contributed by atoms with Crippen LogP contribution in [0.2, 0.25) is 0 Å². The van der Waals surface area contributed by atoms with E-state index in [2.05, 4.69) is 5.32 Å². The van der Waals surface area contributed by atoms with Gasteiger partial charge in [-0.15, -0.1) is 0 Å². The first kappa shape index (κ1) is 20.3. The Morgan fingerprint density at radius 1 is 1.24 bits per heavy atom. The van der Waals surface area contributed by atoms with E-state index >= 15 is 0 Å². The molecular weight excluding hydrogens is 384 g/mol. The lowest BCUT2D eigenvalue weighted by atomic mass is 9.70. The molecule has 0 fully saturated rings. The summed E-state index contributed by atoms with van der Waals surface area (Å²) in [7, 11) is 2.39. The molecule has 10 nitrogen and oxygen atoms in total. The van der Waals surface area contributed by atoms with Crippen LogP contribution in [0.15, 0.2) is 23.4 Å². The summed E-state index contributed by atoms with van der Waals surface area (Å²) in [5, 5.41) is 26.1. The van der Waals surface area contributed by atoms with Crippen molar-refractivity contribution in [3.8, 4) is 11.5 Å². The number of nitrogens with one attached hydrogen (secondary N) is 1. The molecule has 29 heavy (non-hydrogen) atoms. The molecule has 0 saturated heterocycles. The Morgan fingerprint density at radius 2 is 1.93 bits per heavy atom. The molecule has 0 radical (unpaired) electrons. The third-order valence-electron chi connectivity index (χ3n) is 5.33. The highest BCUT2D eigenvalue weighted by molar-refractivity contribution is 6.11. The number of esters is 1. The van der Waals surface area contributed by atoms with E-state index in [0.29, 0.717) is 5.70 Å². The zero-order chi connectivity index (χ0) is 21.5. The van der Waals surface area contributed by atoms with Gasteiger partial charge in [-0.25, -0.2) is 0 Å². The van der Waals surface area contributed by atoms with Gasteiger partial charge in [-0.1, -0.05) is 6.92 Å². The van der Waals surface area contributed by atoms with Gasteiger partial charge >= 0.3 is 5.97 Å². The van der Waals surface area contributed by atoms with Gasteiger partial charge < -0.3 is 19.9 Å². The van der Waals surface area contributed by atoms with Crippen LogP contribution in [0.25, 0.3) is 0 Å². The van der Waals surface area contributed by atoms with Crippen LogP contribution >= 0.6 is 0 Å². The Morgan fingerprint density at radius 3 is 2.52 bits per heavy atom. The lowest BCUT2D eigenvalue weighted by Crippen LogP contribution is -2.44. The normalized spacial score (nSPS) is 23.9. The summed E-state index contributed by atoms with van der Waals surface area (Å²) in [6.07, 6.45) is 0.104. The third-order valence-corrected chi connectivity index (χ3v) is 5.33. The van der Waals surface area contributed by atoms with Crippen molar-refractivity contribution in [2.24, 2.45) is 11.8 Å². The van der Waals surface area contributed by atoms with Crippen LogP contribution in [0.1, 0.15) is 31.2 Å². The molecule has 0 aromatic heterocycles. The molecule has 1 aromatic carbocycles. The number of carbonyl (C=O) groups excluding carboxylic acids is 3. The maximum atomic E-state index is 13.2. The molecule has 1 aliphatic carbocycles. The summed E-state index contributed by atoms with van der Waals surface area (Å²) in [5.41, 5.74) is 0.0977. The fourth-order valence-electron chi connectivity index (χ4n) is 3.98. The van der Waals surface area contributed by atoms with Crippen LogP contribution in [-0.4, -0.2) is 36.8 Å². The number of allylic oxidation sites excluding steroid dienone is 2. The number of rotatable bonds is 4. The second-order valence-electron chi connectivity index (χ2n) is 7.07. The zero-order valence-electron chi connectivity index (χ0n) is 16.0. The lowest BCUT2D eigenvalue weighted by Gasteiger charge is -2.36. The fourth-order valence-corrected chi connectivity index (χ4v) is 3.98. The van der Waals surface area contributed by atoms with Crippen LogP contribution in [0, 0.1) is 22.0 Å². The average Bonchev–Trinajstić information content (AvgIpc) is 2.66. The molecule has 2 aliphatic rings. The predicted octanol–water partition coefficient (Wildman–Crippen LogP) is 0.933. The maximum Gasteiger partial charge on any atom is 0.316 e. The summed E-state index contributed by atoms with van der Waals surface area (Å²) < 4.78 is 9.71. The zero-order valence-corrected chi connectivity index (χ0v) is 16.0. The first-order valence-electron chi connectivity index (χ1n) is 8.87. The van der Waals surface area contributed by atoms with E-state index < -0.39 is 39.9 Å². The van der Waals surface area contributed by atoms with Crippen LogP contribution in [0.4, 0.5) is 5.69 Å². The molecule has 0 unspecified atom stereocenters. The van der Waals surface area contributed by atoms with Gasteiger partial charge in [-0.3, -0.25) is 24.5 Å². The molecule has 154 valence electrons. The lowest BCUT2D eigenvalue weighted by molar-refractivity contribution is -0.398. The van der Waals surface area contributed by atoms with Crippen molar-refractivity contribution in [3.05, 3.63) is 39.1 Å². The molecule has 1 heterocycles. The summed E-state index contributed by atoms with van der Waals surface area (Å²) in [6.45, 7) is 1.71. The van der Waals surface area contributed by atoms with Crippen molar-refractivity contribution in [2.45, 2.75) is 25.7 Å². The van der Waals surface area contributed by atoms with Crippen molar-refractivity contribution < 1.29 is 33.9 Å². The SMILES string of the molecule is COC(=O)[C@H]1C(=O)C2=C(C[C@H]1C)NC(=O)C[C@@H]2c1cc(OC)c([O-])c([N+](=O)[O-])c1. The summed E-state index contributed by atoms with van der Waals surface area (Å²) in [5.74, 6) is -4.97. The molecule has 0 saturated carbocycles. The van der Waals surface area contributed by atoms with E-state index in [1.807, 2.05) is 0 Å². The number of benzene rings is 1. The third kappa shape index (κ3) is 3.41. The van der Waals surface area contributed by atoms with E-state index in [-0.39, 0.29) is 41.6 Å². The van der Waals surface area contributed by atoms with Gasteiger partial charge in [0.2, 0.25) is 5.91 Å². The number of nitro groups is 1. The van der Waals surface area contributed by atoms with Gasteiger partial charge in [0.15, 0.2) is 5.78 Å². The summed E-state index contributed by atoms with van der Waals surface area (Å²) >= 11 is 0. The highest BCUT2D eigenvalue weighted by atomic mass is 16.6. The topological polar surface area (TPSA) is 148 Å². The van der Waals surface area contributed by atoms with Crippen LogP contribution in [0.3, 0.4) is 0 Å². The number of nitro benzene ring substituents is 1. The van der Waals surface area contributed by atoms with Crippen LogP contribution in [0.5, 0.6) is 11.5 Å². The molecule has 1 aromatic rings. The molecule has 1 amide bonds. The smallest absolute Gasteiger partial charge is 0.316 e. The number of hydrogen-bond donors (Lipinski definition) is 1. The van der Waals surface area contributed by atoms with Crippen molar-refractivity contribution in [1.82, 2.24) is 5.32 Å². The fraction of sp³-hybridized carbons (Fsp3) is 0.421. The Labute approximate surface area is 165 Å². The molecule has 1 N–H and O–H groups in total. The monoisotopic (exact) mass is 403 g/mol. The van der Waals surface area contributed by atoms with Gasteiger partial charge in [-0.05, 0) is 24.0 Å². The van der Waals surface area contributed by atoms with E-state index in [4.69, 9.17) is 9.47 Å². The second kappa shape index (κ2) is 7.53. The number of carbonyl (C=O) groups is 3. The minimum atomic E-state index is -1.04.